The van der Waals surface area contributed by atoms with E-state index in [2.05, 4.69) is 4.98 Å². The fraction of sp³-hybridized carbons (Fsp3) is 0.333. The van der Waals surface area contributed by atoms with Crippen LogP contribution in [-0.4, -0.2) is 46.0 Å². The van der Waals surface area contributed by atoms with Crippen molar-refractivity contribution < 1.29 is 33.8 Å². The topological polar surface area (TPSA) is 131 Å². The highest BCUT2D eigenvalue weighted by Crippen LogP contribution is 2.42. The molecule has 9 nitrogen and oxygen atoms in total. The van der Waals surface area contributed by atoms with Crippen LogP contribution < -0.4 is 4.90 Å². The summed E-state index contributed by atoms with van der Waals surface area (Å²) in [5.74, 6) is -2.91. The molecule has 214 valence electrons. The van der Waals surface area contributed by atoms with Crippen molar-refractivity contribution in [2.45, 2.75) is 46.5 Å². The number of ketones is 2. The highest BCUT2D eigenvalue weighted by Gasteiger charge is 2.49. The molecule has 1 aromatic heterocycles. The minimum Gasteiger partial charge on any atom is -0.506 e. The van der Waals surface area contributed by atoms with E-state index in [0.717, 1.165) is 12.8 Å². The number of aliphatic hydroxyl groups is 1. The van der Waals surface area contributed by atoms with E-state index in [1.54, 1.807) is 51.1 Å². The summed E-state index contributed by atoms with van der Waals surface area (Å²) in [6.07, 6.45) is 3.20. The Kier molecular flexibility index (Phi) is 6.55. The molecule has 1 aliphatic heterocycles. The molecular weight excluding hydrogens is 536 g/mol. The Hall–Kier alpha value is -4.66. The van der Waals surface area contributed by atoms with Crippen molar-refractivity contribution in [3.63, 3.8) is 0 Å². The average Bonchev–Trinajstić information content (AvgIpc) is 3.38. The van der Waals surface area contributed by atoms with Gasteiger partial charge in [0.2, 0.25) is 11.8 Å². The van der Waals surface area contributed by atoms with Crippen LogP contribution in [0.25, 0.3) is 22.2 Å². The van der Waals surface area contributed by atoms with Gasteiger partial charge in [0.25, 0.3) is 0 Å². The molecule has 2 unspecified atom stereocenters. The van der Waals surface area contributed by atoms with E-state index in [9.17, 15) is 29.1 Å². The number of aromatic nitrogens is 1. The summed E-state index contributed by atoms with van der Waals surface area (Å²) in [6, 6.07) is 12.8. The smallest absolute Gasteiger partial charge is 0.338 e. The van der Waals surface area contributed by atoms with Crippen LogP contribution in [0.2, 0.25) is 0 Å². The van der Waals surface area contributed by atoms with Gasteiger partial charge in [0.15, 0.2) is 18.2 Å². The van der Waals surface area contributed by atoms with E-state index in [1.807, 2.05) is 0 Å². The second-order valence-electron chi connectivity index (χ2n) is 12.1. The summed E-state index contributed by atoms with van der Waals surface area (Å²) in [4.78, 5) is 70.8. The summed E-state index contributed by atoms with van der Waals surface area (Å²) in [5, 5.41) is 11.8. The third-order valence-electron chi connectivity index (χ3n) is 8.43. The standard InChI is InChI=1S/C33H30N2O7/c1-33(2,3)25(36)16-42-32(41)18-11-13-19-22(15-18)29(38)26(28(19)37)23-14-12-17-7-6-10-24(27(17)34-23)35-30(39)20-8-4-5-9-21(20)31(35)40/h6-7,10-15,20-21,38H,4-5,8-9,16H2,1-3H3. The lowest BCUT2D eigenvalue weighted by Crippen LogP contribution is -2.31. The van der Waals surface area contributed by atoms with E-state index in [-0.39, 0.29) is 63.1 Å². The van der Waals surface area contributed by atoms with Gasteiger partial charge in [0, 0.05) is 21.9 Å². The number of carbonyl (C=O) groups is 5. The number of aliphatic hydroxyl groups excluding tert-OH is 1. The Morgan fingerprint density at radius 1 is 0.952 bits per heavy atom. The lowest BCUT2D eigenvalue weighted by molar-refractivity contribution is -0.129. The van der Waals surface area contributed by atoms with Gasteiger partial charge in [-0.15, -0.1) is 0 Å². The van der Waals surface area contributed by atoms with Crippen molar-refractivity contribution in [1.29, 1.82) is 0 Å². The van der Waals surface area contributed by atoms with Gasteiger partial charge in [-0.2, -0.15) is 0 Å². The zero-order chi connectivity index (χ0) is 29.9. The van der Waals surface area contributed by atoms with Gasteiger partial charge in [-0.05, 0) is 43.2 Å². The van der Waals surface area contributed by atoms with Gasteiger partial charge in [0.1, 0.15) is 5.76 Å². The van der Waals surface area contributed by atoms with Gasteiger partial charge < -0.3 is 9.84 Å². The number of ether oxygens (including phenoxy) is 1. The molecule has 1 saturated carbocycles. The molecule has 1 N–H and O–H groups in total. The predicted molar refractivity (Wildman–Crippen MR) is 155 cm³/mol. The Morgan fingerprint density at radius 3 is 2.31 bits per heavy atom. The van der Waals surface area contributed by atoms with Crippen molar-refractivity contribution >= 4 is 57.3 Å². The van der Waals surface area contributed by atoms with E-state index < -0.39 is 23.8 Å². The summed E-state index contributed by atoms with van der Waals surface area (Å²) in [7, 11) is 0. The minimum absolute atomic E-state index is 0.0529. The number of carbonyl (C=O) groups excluding carboxylic acids is 5. The number of para-hydroxylation sites is 1. The van der Waals surface area contributed by atoms with Crippen LogP contribution in [0.3, 0.4) is 0 Å². The molecule has 3 aliphatic rings. The number of rotatable bonds is 5. The highest BCUT2D eigenvalue weighted by atomic mass is 16.5. The molecule has 2 heterocycles. The Bertz CT molecular complexity index is 1720. The maximum absolute atomic E-state index is 13.4. The molecule has 2 amide bonds. The molecule has 0 bridgehead atoms. The molecule has 2 aromatic carbocycles. The van der Waals surface area contributed by atoms with Crippen molar-refractivity contribution in [3.05, 3.63) is 70.9 Å². The highest BCUT2D eigenvalue weighted by molar-refractivity contribution is 6.39. The summed E-state index contributed by atoms with van der Waals surface area (Å²) in [6.45, 7) is 4.79. The molecule has 2 fully saturated rings. The van der Waals surface area contributed by atoms with Crippen LogP contribution in [-0.2, 0) is 19.1 Å². The number of pyridine rings is 1. The fourth-order valence-electron chi connectivity index (χ4n) is 5.96. The molecule has 0 radical (unpaired) electrons. The number of benzene rings is 2. The number of fused-ring (bicyclic) bond motifs is 3. The number of anilines is 1. The number of hydrogen-bond acceptors (Lipinski definition) is 8. The maximum atomic E-state index is 13.4. The number of Topliss-reactive ketones (excluding diaryl/α,β-unsaturated/α-hetero) is 2. The fourth-order valence-corrected chi connectivity index (χ4v) is 5.96. The van der Waals surface area contributed by atoms with Gasteiger partial charge >= 0.3 is 5.97 Å². The number of allylic oxidation sites excluding steroid dienone is 1. The molecular formula is C33H30N2O7. The molecule has 42 heavy (non-hydrogen) atoms. The quantitative estimate of drug-likeness (QED) is 0.325. The van der Waals surface area contributed by atoms with E-state index in [1.165, 1.54) is 23.1 Å². The Labute approximate surface area is 242 Å². The second-order valence-corrected chi connectivity index (χ2v) is 12.1. The van der Waals surface area contributed by atoms with Crippen LogP contribution >= 0.6 is 0 Å². The van der Waals surface area contributed by atoms with E-state index in [4.69, 9.17) is 4.74 Å². The molecule has 1 saturated heterocycles. The van der Waals surface area contributed by atoms with Crippen LogP contribution in [0.5, 0.6) is 0 Å². The monoisotopic (exact) mass is 566 g/mol. The van der Waals surface area contributed by atoms with E-state index in [0.29, 0.717) is 29.4 Å². The SMILES string of the molecule is CC(C)(C)C(=O)COC(=O)c1ccc2c(c1)C(O)=C(c1ccc3cccc(N4C(=O)C5CCCCC5C4=O)c3n1)C2=O. The zero-order valence-corrected chi connectivity index (χ0v) is 23.6. The van der Waals surface area contributed by atoms with Crippen molar-refractivity contribution in [3.8, 4) is 0 Å². The number of hydrogen-bond donors (Lipinski definition) is 1. The normalized spacial score (nSPS) is 20.3. The van der Waals surface area contributed by atoms with Crippen LogP contribution in [0.15, 0.2) is 48.5 Å². The van der Waals surface area contributed by atoms with Crippen molar-refractivity contribution in [2.75, 3.05) is 11.5 Å². The van der Waals surface area contributed by atoms with E-state index >= 15 is 0 Å². The van der Waals surface area contributed by atoms with Gasteiger partial charge in [-0.3, -0.25) is 19.2 Å². The molecule has 9 heteroatoms. The maximum Gasteiger partial charge on any atom is 0.338 e. The Morgan fingerprint density at radius 2 is 1.64 bits per heavy atom. The second kappa shape index (κ2) is 10.0. The van der Waals surface area contributed by atoms with Gasteiger partial charge in [-0.1, -0.05) is 51.8 Å². The summed E-state index contributed by atoms with van der Waals surface area (Å²) in [5.41, 5.74) is 0.597. The molecule has 6 rings (SSSR count). The number of esters is 1. The minimum atomic E-state index is -0.752. The molecule has 0 spiro atoms. The van der Waals surface area contributed by atoms with Crippen LogP contribution in [0.1, 0.15) is 78.4 Å². The number of amides is 2. The number of imide groups is 1. The lowest BCUT2D eigenvalue weighted by Gasteiger charge is -2.19. The van der Waals surface area contributed by atoms with Crippen LogP contribution in [0, 0.1) is 17.3 Å². The largest absolute Gasteiger partial charge is 0.506 e. The Balaban J connectivity index is 1.35. The first-order valence-electron chi connectivity index (χ1n) is 14.1. The predicted octanol–water partition coefficient (Wildman–Crippen LogP) is 5.31. The first-order valence-corrected chi connectivity index (χ1v) is 14.1. The van der Waals surface area contributed by atoms with Crippen molar-refractivity contribution in [1.82, 2.24) is 4.98 Å². The third kappa shape index (κ3) is 4.40. The first-order chi connectivity index (χ1) is 20.0. The third-order valence-corrected chi connectivity index (χ3v) is 8.43. The molecule has 2 aliphatic carbocycles. The first kappa shape index (κ1) is 27.5. The lowest BCUT2D eigenvalue weighted by atomic mass is 9.81. The summed E-state index contributed by atoms with van der Waals surface area (Å²) < 4.78 is 5.17. The summed E-state index contributed by atoms with van der Waals surface area (Å²) >= 11 is 0. The van der Waals surface area contributed by atoms with Gasteiger partial charge in [0.05, 0.1) is 39.9 Å². The number of nitrogens with zero attached hydrogens (tertiary/aromatic N) is 2. The van der Waals surface area contributed by atoms with Crippen molar-refractivity contribution in [2.24, 2.45) is 17.3 Å². The average molecular weight is 567 g/mol. The molecule has 2 atom stereocenters. The zero-order valence-electron chi connectivity index (χ0n) is 23.6. The van der Waals surface area contributed by atoms with Crippen LogP contribution in [0.4, 0.5) is 5.69 Å². The molecule has 3 aromatic rings. The van der Waals surface area contributed by atoms with Gasteiger partial charge in [-0.25, -0.2) is 14.7 Å².